The van der Waals surface area contributed by atoms with Gasteiger partial charge in [-0.15, -0.1) is 0 Å². The van der Waals surface area contributed by atoms with Crippen molar-refractivity contribution in [3.63, 3.8) is 0 Å². The number of imidazole rings is 1. The molecule has 2 saturated heterocycles. The maximum absolute atomic E-state index is 14.0. The lowest BCUT2D eigenvalue weighted by Crippen LogP contribution is -2.52. The Morgan fingerprint density at radius 3 is 2.38 bits per heavy atom. The zero-order valence-electron chi connectivity index (χ0n) is 24.9. The molecule has 0 radical (unpaired) electrons. The van der Waals surface area contributed by atoms with Crippen LogP contribution in [0.2, 0.25) is 0 Å². The van der Waals surface area contributed by atoms with Gasteiger partial charge in [0.15, 0.2) is 17.0 Å². The van der Waals surface area contributed by atoms with Crippen molar-refractivity contribution < 1.29 is 4.79 Å². The van der Waals surface area contributed by atoms with Crippen LogP contribution < -0.4 is 5.43 Å². The summed E-state index contributed by atoms with van der Waals surface area (Å²) >= 11 is 0. The van der Waals surface area contributed by atoms with Gasteiger partial charge in [0.2, 0.25) is 5.82 Å². The number of likely N-dealkylation sites (N-methyl/N-ethyl adjacent to an activating group) is 1. The number of nitrogens with zero attached hydrogens (tertiary/aromatic N) is 9. The van der Waals surface area contributed by atoms with E-state index in [1.54, 1.807) is 15.9 Å². The summed E-state index contributed by atoms with van der Waals surface area (Å²) in [5.41, 5.74) is 6.24. The summed E-state index contributed by atoms with van der Waals surface area (Å²) < 4.78 is 1.75. The average Bonchev–Trinajstić information content (AvgIpc) is 3.41. The molecule has 11 nitrogen and oxygen atoms in total. The number of nitrogens with one attached hydrogen (secondary N) is 1. The molecule has 222 valence electrons. The number of hydrazine groups is 1. The van der Waals surface area contributed by atoms with E-state index in [0.717, 1.165) is 45.3 Å². The van der Waals surface area contributed by atoms with E-state index in [9.17, 15) is 10.1 Å². The number of anilines is 1. The van der Waals surface area contributed by atoms with Crippen molar-refractivity contribution in [3.8, 4) is 6.07 Å². The molecule has 11 heteroatoms. The van der Waals surface area contributed by atoms with Gasteiger partial charge in [-0.1, -0.05) is 31.4 Å². The van der Waals surface area contributed by atoms with E-state index in [0.29, 0.717) is 28.6 Å². The first-order valence-corrected chi connectivity index (χ1v) is 15.4. The van der Waals surface area contributed by atoms with Gasteiger partial charge in [-0.3, -0.25) is 20.0 Å². The van der Waals surface area contributed by atoms with E-state index in [1.807, 2.05) is 25.2 Å². The number of carbonyl (C=O) groups is 1. The topological polar surface area (TPSA) is 109 Å². The summed E-state index contributed by atoms with van der Waals surface area (Å²) in [5.74, 6) is 0.330. The first kappa shape index (κ1) is 28.5. The molecule has 1 aromatic carbocycles. The fraction of sp³-hybridized carbons (Fsp3) is 0.581. The molecule has 42 heavy (non-hydrogen) atoms. The summed E-state index contributed by atoms with van der Waals surface area (Å²) in [7, 11) is 4.04. The molecule has 1 amide bonds. The zero-order chi connectivity index (χ0) is 29.1. The molecule has 3 fully saturated rings. The third kappa shape index (κ3) is 6.26. The Bertz CT molecular complexity index is 1410. The highest BCUT2D eigenvalue weighted by molar-refractivity contribution is 5.96. The van der Waals surface area contributed by atoms with Crippen LogP contribution >= 0.6 is 0 Å². The van der Waals surface area contributed by atoms with Gasteiger partial charge in [0.25, 0.3) is 5.91 Å². The highest BCUT2D eigenvalue weighted by Crippen LogP contribution is 2.27. The number of piperazine rings is 1. The number of hydrogen-bond donors (Lipinski definition) is 1. The number of piperidine rings is 1. The molecule has 0 spiro atoms. The first-order valence-electron chi connectivity index (χ1n) is 15.4. The largest absolute Gasteiger partial charge is 0.318 e. The smallest absolute Gasteiger partial charge is 0.272 e. The maximum atomic E-state index is 14.0. The predicted molar refractivity (Wildman–Crippen MR) is 161 cm³/mol. The van der Waals surface area contributed by atoms with Gasteiger partial charge in [-0.25, -0.2) is 9.99 Å². The highest BCUT2D eigenvalue weighted by Gasteiger charge is 2.29. The van der Waals surface area contributed by atoms with E-state index in [2.05, 4.69) is 54.3 Å². The minimum atomic E-state index is -0.0948. The summed E-state index contributed by atoms with van der Waals surface area (Å²) in [6.45, 7) is 7.86. The predicted octanol–water partition coefficient (Wildman–Crippen LogP) is 3.25. The van der Waals surface area contributed by atoms with Crippen molar-refractivity contribution in [2.75, 3.05) is 51.7 Å². The molecule has 4 heterocycles. The lowest BCUT2D eigenvalue weighted by atomic mass is 9.94. The minimum absolute atomic E-state index is 0.0341. The van der Waals surface area contributed by atoms with Crippen molar-refractivity contribution in [2.24, 2.45) is 7.05 Å². The molecule has 0 atom stereocenters. The highest BCUT2D eigenvalue weighted by atomic mass is 16.2. The molecule has 6 rings (SSSR count). The van der Waals surface area contributed by atoms with Crippen molar-refractivity contribution in [1.29, 1.82) is 5.26 Å². The summed E-state index contributed by atoms with van der Waals surface area (Å²) in [5, 5.41) is 11.2. The number of nitriles is 1. The van der Waals surface area contributed by atoms with E-state index >= 15 is 0 Å². The molecule has 0 unspecified atom stereocenters. The molecular formula is C31H42N10O. The second-order valence-electron chi connectivity index (χ2n) is 12.2. The van der Waals surface area contributed by atoms with E-state index in [1.165, 1.54) is 51.0 Å². The number of rotatable bonds is 7. The van der Waals surface area contributed by atoms with E-state index in [4.69, 9.17) is 0 Å². The average molecular weight is 571 g/mol. The van der Waals surface area contributed by atoms with E-state index in [-0.39, 0.29) is 17.8 Å². The quantitative estimate of drug-likeness (QED) is 0.428. The van der Waals surface area contributed by atoms with Gasteiger partial charge in [0.1, 0.15) is 6.07 Å². The van der Waals surface area contributed by atoms with Crippen LogP contribution in [0.4, 0.5) is 5.82 Å². The van der Waals surface area contributed by atoms with Gasteiger partial charge in [0, 0.05) is 51.4 Å². The second-order valence-corrected chi connectivity index (χ2v) is 12.2. The van der Waals surface area contributed by atoms with Crippen molar-refractivity contribution in [2.45, 2.75) is 63.6 Å². The fourth-order valence-electron chi connectivity index (χ4n) is 6.68. The zero-order valence-corrected chi connectivity index (χ0v) is 24.9. The van der Waals surface area contributed by atoms with Crippen LogP contribution in [-0.4, -0.2) is 104 Å². The third-order valence-electron chi connectivity index (χ3n) is 9.26. The first-order chi connectivity index (χ1) is 20.5. The molecular weight excluding hydrogens is 528 g/mol. The molecule has 3 aromatic rings. The Balaban J connectivity index is 1.13. The molecule has 2 aromatic heterocycles. The monoisotopic (exact) mass is 570 g/mol. The Morgan fingerprint density at radius 1 is 0.976 bits per heavy atom. The van der Waals surface area contributed by atoms with Crippen molar-refractivity contribution in [3.05, 3.63) is 47.5 Å². The number of amides is 1. The SMILES string of the molecule is CN1CCN(C2CCN(Cc3ccc(C(=O)N(Nc4nc(C#N)nc5c4ncn5C)C4CCCCC4)cc3)CC2)CC1. The number of likely N-dealkylation sites (tertiary alicyclic amines) is 1. The van der Waals surface area contributed by atoms with Crippen LogP contribution in [0.15, 0.2) is 30.6 Å². The van der Waals surface area contributed by atoms with Crippen LogP contribution in [0.5, 0.6) is 0 Å². The summed E-state index contributed by atoms with van der Waals surface area (Å²) in [6.07, 6.45) is 9.26. The number of aryl methyl sites for hydroxylation is 1. The van der Waals surface area contributed by atoms with Crippen molar-refractivity contribution in [1.82, 2.24) is 39.2 Å². The Labute approximate surface area is 248 Å². The van der Waals surface area contributed by atoms with Gasteiger partial charge in [-0.2, -0.15) is 15.2 Å². The Hall–Kier alpha value is -3.59. The summed E-state index contributed by atoms with van der Waals surface area (Å²) in [4.78, 5) is 34.8. The van der Waals surface area contributed by atoms with E-state index < -0.39 is 0 Å². The minimum Gasteiger partial charge on any atom is -0.318 e. The van der Waals surface area contributed by atoms with Crippen LogP contribution in [0.1, 0.15) is 66.7 Å². The van der Waals surface area contributed by atoms with Gasteiger partial charge >= 0.3 is 0 Å². The second kappa shape index (κ2) is 12.7. The number of fused-ring (bicyclic) bond motifs is 1. The van der Waals surface area contributed by atoms with Crippen molar-refractivity contribution >= 4 is 22.9 Å². The molecule has 0 bridgehead atoms. The van der Waals surface area contributed by atoms with Crippen LogP contribution in [0.25, 0.3) is 11.2 Å². The number of hydrogen-bond acceptors (Lipinski definition) is 9. The molecule has 1 aliphatic carbocycles. The molecule has 2 aliphatic heterocycles. The van der Waals surface area contributed by atoms with Gasteiger partial charge < -0.3 is 9.47 Å². The number of benzene rings is 1. The standard InChI is InChI=1S/C31H42N10O/c1-37-16-18-40(19-17-37)25-12-14-39(15-13-25)21-23-8-10-24(11-9-23)31(42)41(26-6-4-3-5-7-26)36-29-28-30(38(2)22-33-28)35-27(20-32)34-29/h8-11,22,25-26H,3-7,12-19,21H2,1-2H3,(H,34,35,36). The molecule has 3 aliphatic rings. The normalized spacial score (nSPS) is 20.0. The third-order valence-corrected chi connectivity index (χ3v) is 9.26. The summed E-state index contributed by atoms with van der Waals surface area (Å²) in [6, 6.07) is 10.9. The van der Waals surface area contributed by atoms with Gasteiger partial charge in [0.05, 0.1) is 12.4 Å². The Kier molecular flexibility index (Phi) is 8.65. The lowest BCUT2D eigenvalue weighted by Gasteiger charge is -2.42. The number of carbonyl (C=O) groups excluding carboxylic acids is 1. The molecule has 1 saturated carbocycles. The van der Waals surface area contributed by atoms with Crippen LogP contribution in [-0.2, 0) is 13.6 Å². The van der Waals surface area contributed by atoms with Crippen LogP contribution in [0, 0.1) is 11.3 Å². The lowest BCUT2D eigenvalue weighted by molar-refractivity contribution is 0.0657. The maximum Gasteiger partial charge on any atom is 0.272 e. The van der Waals surface area contributed by atoms with Crippen LogP contribution in [0.3, 0.4) is 0 Å². The van der Waals surface area contributed by atoms with Gasteiger partial charge in [-0.05, 0) is 63.5 Å². The fourth-order valence-corrected chi connectivity index (χ4v) is 6.68. The number of aromatic nitrogens is 4. The Morgan fingerprint density at radius 2 is 1.69 bits per heavy atom. The molecule has 1 N–H and O–H groups in total.